The highest BCUT2D eigenvalue weighted by atomic mass is 32.2. The second-order valence-electron chi connectivity index (χ2n) is 6.07. The van der Waals surface area contributed by atoms with Gasteiger partial charge < -0.3 is 9.64 Å². The van der Waals surface area contributed by atoms with Crippen molar-refractivity contribution in [3.05, 3.63) is 0 Å². The van der Waals surface area contributed by atoms with Crippen molar-refractivity contribution in [3.8, 4) is 0 Å². The lowest BCUT2D eigenvalue weighted by molar-refractivity contribution is 0.102. The predicted molar refractivity (Wildman–Crippen MR) is 70.0 cm³/mol. The van der Waals surface area contributed by atoms with Crippen LogP contribution in [0.1, 0.15) is 33.6 Å². The first-order valence-electron chi connectivity index (χ1n) is 6.09. The van der Waals surface area contributed by atoms with Gasteiger partial charge in [-0.25, -0.2) is 8.42 Å². The quantitative estimate of drug-likeness (QED) is 0.650. The third-order valence-corrected chi connectivity index (χ3v) is 6.74. The Morgan fingerprint density at radius 1 is 1.29 bits per heavy atom. The van der Waals surface area contributed by atoms with Crippen LogP contribution in [0.4, 0.5) is 0 Å². The van der Waals surface area contributed by atoms with Crippen LogP contribution in [-0.4, -0.2) is 56.7 Å². The zero-order chi connectivity index (χ0) is 13.3. The lowest BCUT2D eigenvalue weighted by Gasteiger charge is -2.28. The van der Waals surface area contributed by atoms with E-state index >= 15 is 0 Å². The standard InChI is InChI=1S/C12H25NO3S/c1-11(2,10-16-9-8-13(4)5)17(14,15)12(3)6-7-12/h6-10H2,1-5H3. The molecule has 0 saturated heterocycles. The van der Waals surface area contributed by atoms with Crippen LogP contribution in [0.2, 0.25) is 0 Å². The summed E-state index contributed by atoms with van der Waals surface area (Å²) in [7, 11) is 0.833. The van der Waals surface area contributed by atoms with Crippen molar-refractivity contribution in [1.29, 1.82) is 0 Å². The van der Waals surface area contributed by atoms with Gasteiger partial charge in [0.1, 0.15) is 0 Å². The van der Waals surface area contributed by atoms with Crippen molar-refractivity contribution in [2.75, 3.05) is 33.9 Å². The summed E-state index contributed by atoms with van der Waals surface area (Å²) in [6.45, 7) is 7.03. The van der Waals surface area contributed by atoms with Gasteiger partial charge in [0.15, 0.2) is 9.84 Å². The molecule has 4 nitrogen and oxygen atoms in total. The number of nitrogens with zero attached hydrogens (tertiary/aromatic N) is 1. The van der Waals surface area contributed by atoms with E-state index in [1.165, 1.54) is 0 Å². The van der Waals surface area contributed by atoms with Gasteiger partial charge in [-0.3, -0.25) is 0 Å². The molecule has 102 valence electrons. The van der Waals surface area contributed by atoms with Gasteiger partial charge in [0.25, 0.3) is 0 Å². The normalized spacial score (nSPS) is 19.6. The summed E-state index contributed by atoms with van der Waals surface area (Å²) in [5, 5.41) is 0. The fourth-order valence-corrected chi connectivity index (χ4v) is 3.97. The first kappa shape index (κ1) is 14.9. The summed E-state index contributed by atoms with van der Waals surface area (Å²) in [5.41, 5.74) is 0. The van der Waals surface area contributed by atoms with Crippen molar-refractivity contribution in [2.24, 2.45) is 0 Å². The van der Waals surface area contributed by atoms with Gasteiger partial charge in [-0.15, -0.1) is 0 Å². The molecule has 0 aromatic heterocycles. The lowest BCUT2D eigenvalue weighted by atomic mass is 10.2. The van der Waals surface area contributed by atoms with Gasteiger partial charge in [0, 0.05) is 6.54 Å². The molecule has 0 unspecified atom stereocenters. The number of hydrogen-bond donors (Lipinski definition) is 0. The molecular formula is C12H25NO3S. The molecule has 0 radical (unpaired) electrons. The Balaban J connectivity index is 2.51. The molecule has 0 atom stereocenters. The molecule has 1 fully saturated rings. The molecule has 0 spiro atoms. The van der Waals surface area contributed by atoms with E-state index in [0.29, 0.717) is 6.61 Å². The van der Waals surface area contributed by atoms with E-state index in [4.69, 9.17) is 4.74 Å². The van der Waals surface area contributed by atoms with Gasteiger partial charge in [0.05, 0.1) is 22.7 Å². The summed E-state index contributed by atoms with van der Waals surface area (Å²) in [6, 6.07) is 0. The molecule has 0 bridgehead atoms. The van der Waals surface area contributed by atoms with Crippen LogP contribution in [-0.2, 0) is 14.6 Å². The Kier molecular flexibility index (Phi) is 4.27. The molecular weight excluding hydrogens is 238 g/mol. The van der Waals surface area contributed by atoms with E-state index < -0.39 is 19.3 Å². The Hall–Kier alpha value is -0.130. The molecule has 0 N–H and O–H groups in total. The van der Waals surface area contributed by atoms with Crippen LogP contribution >= 0.6 is 0 Å². The average Bonchev–Trinajstić information content (AvgIpc) is 2.92. The summed E-state index contributed by atoms with van der Waals surface area (Å²) < 4.78 is 29.0. The molecule has 0 aliphatic heterocycles. The molecule has 0 amide bonds. The highest BCUT2D eigenvalue weighted by molar-refractivity contribution is 7.94. The fourth-order valence-electron chi connectivity index (χ4n) is 1.75. The molecule has 17 heavy (non-hydrogen) atoms. The van der Waals surface area contributed by atoms with Gasteiger partial charge in [-0.2, -0.15) is 0 Å². The van der Waals surface area contributed by atoms with Crippen molar-refractivity contribution < 1.29 is 13.2 Å². The maximum absolute atomic E-state index is 12.4. The van der Waals surface area contributed by atoms with Gasteiger partial charge in [0.2, 0.25) is 0 Å². The number of likely N-dealkylation sites (N-methyl/N-ethyl adjacent to an activating group) is 1. The van der Waals surface area contributed by atoms with Crippen molar-refractivity contribution in [3.63, 3.8) is 0 Å². The highest BCUT2D eigenvalue weighted by Gasteiger charge is 2.56. The largest absolute Gasteiger partial charge is 0.379 e. The molecule has 0 aromatic rings. The zero-order valence-corrected chi connectivity index (χ0v) is 12.4. The van der Waals surface area contributed by atoms with E-state index in [0.717, 1.165) is 19.4 Å². The Morgan fingerprint density at radius 3 is 2.24 bits per heavy atom. The van der Waals surface area contributed by atoms with E-state index in [9.17, 15) is 8.42 Å². The molecule has 0 aromatic carbocycles. The second kappa shape index (κ2) is 4.86. The van der Waals surface area contributed by atoms with Crippen LogP contribution in [0, 0.1) is 0 Å². The van der Waals surface area contributed by atoms with Crippen LogP contribution < -0.4 is 0 Å². The monoisotopic (exact) mass is 263 g/mol. The number of rotatable bonds is 7. The maximum atomic E-state index is 12.4. The molecule has 0 heterocycles. The highest BCUT2D eigenvalue weighted by Crippen LogP contribution is 2.47. The Labute approximate surface area is 105 Å². The summed E-state index contributed by atoms with van der Waals surface area (Å²) >= 11 is 0. The molecule has 1 saturated carbocycles. The number of sulfone groups is 1. The Bertz CT molecular complexity index is 356. The third kappa shape index (κ3) is 3.20. The predicted octanol–water partition coefficient (Wildman–Crippen LogP) is 1.31. The van der Waals surface area contributed by atoms with Crippen molar-refractivity contribution in [1.82, 2.24) is 4.90 Å². The van der Waals surface area contributed by atoms with Crippen LogP contribution in [0.15, 0.2) is 0 Å². The topological polar surface area (TPSA) is 46.6 Å². The van der Waals surface area contributed by atoms with Gasteiger partial charge >= 0.3 is 0 Å². The van der Waals surface area contributed by atoms with E-state index in [2.05, 4.69) is 0 Å². The van der Waals surface area contributed by atoms with Crippen LogP contribution in [0.5, 0.6) is 0 Å². The van der Waals surface area contributed by atoms with E-state index in [-0.39, 0.29) is 6.61 Å². The SMILES string of the molecule is CN(C)CCOCC(C)(C)S(=O)(=O)C1(C)CC1. The van der Waals surface area contributed by atoms with Crippen molar-refractivity contribution in [2.45, 2.75) is 43.1 Å². The minimum Gasteiger partial charge on any atom is -0.379 e. The lowest BCUT2D eigenvalue weighted by Crippen LogP contribution is -2.43. The minimum atomic E-state index is -3.10. The first-order valence-corrected chi connectivity index (χ1v) is 7.57. The molecule has 5 heteroatoms. The zero-order valence-electron chi connectivity index (χ0n) is 11.6. The van der Waals surface area contributed by atoms with Gasteiger partial charge in [-0.05, 0) is 47.7 Å². The minimum absolute atomic E-state index is 0.277. The van der Waals surface area contributed by atoms with Crippen LogP contribution in [0.25, 0.3) is 0 Å². The molecule has 1 rings (SSSR count). The van der Waals surface area contributed by atoms with Crippen LogP contribution in [0.3, 0.4) is 0 Å². The first-order chi connectivity index (χ1) is 7.62. The average molecular weight is 263 g/mol. The Morgan fingerprint density at radius 2 is 1.82 bits per heavy atom. The second-order valence-corrected chi connectivity index (χ2v) is 9.17. The molecule has 1 aliphatic carbocycles. The fraction of sp³-hybridized carbons (Fsp3) is 1.00. The van der Waals surface area contributed by atoms with E-state index in [1.807, 2.05) is 25.9 Å². The van der Waals surface area contributed by atoms with E-state index in [1.54, 1.807) is 13.8 Å². The smallest absolute Gasteiger partial charge is 0.163 e. The third-order valence-electron chi connectivity index (χ3n) is 3.46. The van der Waals surface area contributed by atoms with Crippen molar-refractivity contribution >= 4 is 9.84 Å². The number of ether oxygens (including phenoxy) is 1. The summed E-state index contributed by atoms with van der Waals surface area (Å²) in [6.07, 6.45) is 1.58. The number of hydrogen-bond acceptors (Lipinski definition) is 4. The van der Waals surface area contributed by atoms with Gasteiger partial charge in [-0.1, -0.05) is 0 Å². The summed E-state index contributed by atoms with van der Waals surface area (Å²) in [4.78, 5) is 2.02. The maximum Gasteiger partial charge on any atom is 0.163 e. The summed E-state index contributed by atoms with van der Waals surface area (Å²) in [5.74, 6) is 0. The molecule has 1 aliphatic rings.